The van der Waals surface area contributed by atoms with Crippen molar-refractivity contribution in [1.82, 2.24) is 10.6 Å². The summed E-state index contributed by atoms with van der Waals surface area (Å²) in [6.45, 7) is 6.37. The molecular formula is C16H30N2O3. The zero-order chi connectivity index (χ0) is 15.9. The first-order chi connectivity index (χ1) is 9.87. The number of hydrogen-bond donors (Lipinski definition) is 3. The smallest absolute Gasteiger partial charge is 0.329 e. The lowest BCUT2D eigenvalue weighted by atomic mass is 9.81. The van der Waals surface area contributed by atoms with E-state index in [1.54, 1.807) is 6.92 Å². The lowest BCUT2D eigenvalue weighted by Gasteiger charge is -2.28. The summed E-state index contributed by atoms with van der Waals surface area (Å²) in [5, 5.41) is 14.6. The van der Waals surface area contributed by atoms with Gasteiger partial charge in [-0.1, -0.05) is 39.5 Å². The Morgan fingerprint density at radius 1 is 1.33 bits per heavy atom. The van der Waals surface area contributed by atoms with Gasteiger partial charge in [-0.2, -0.15) is 0 Å². The Balaban J connectivity index is 2.31. The van der Waals surface area contributed by atoms with Gasteiger partial charge in [-0.05, 0) is 38.0 Å². The summed E-state index contributed by atoms with van der Waals surface area (Å²) < 4.78 is 0. The molecule has 0 aromatic rings. The average molecular weight is 298 g/mol. The fourth-order valence-electron chi connectivity index (χ4n) is 3.23. The van der Waals surface area contributed by atoms with Crippen molar-refractivity contribution in [3.8, 4) is 0 Å². The van der Waals surface area contributed by atoms with Gasteiger partial charge in [-0.15, -0.1) is 0 Å². The fourth-order valence-corrected chi connectivity index (χ4v) is 3.23. The van der Waals surface area contributed by atoms with E-state index in [1.165, 1.54) is 25.7 Å². The third-order valence-corrected chi connectivity index (χ3v) is 4.49. The molecule has 0 heterocycles. The summed E-state index contributed by atoms with van der Waals surface area (Å²) in [4.78, 5) is 23.1. The molecule has 1 fully saturated rings. The second-order valence-corrected chi connectivity index (χ2v) is 6.69. The summed E-state index contributed by atoms with van der Waals surface area (Å²) >= 11 is 0. The second-order valence-electron chi connectivity index (χ2n) is 6.69. The minimum atomic E-state index is -1.18. The molecule has 5 heteroatoms. The Hall–Kier alpha value is -1.26. The maximum atomic E-state index is 11.9. The average Bonchev–Trinajstić information content (AvgIpc) is 2.38. The predicted octanol–water partition coefficient (Wildman–Crippen LogP) is 3.15. The number of carbonyl (C=O) groups is 2. The molecule has 1 saturated carbocycles. The van der Waals surface area contributed by atoms with Gasteiger partial charge in [0.2, 0.25) is 0 Å². The lowest BCUT2D eigenvalue weighted by molar-refractivity contribution is -0.144. The highest BCUT2D eigenvalue weighted by molar-refractivity contribution is 5.85. The number of amides is 2. The van der Waals surface area contributed by atoms with Crippen LogP contribution in [0.15, 0.2) is 0 Å². The molecule has 3 unspecified atom stereocenters. The number of aliphatic carboxylic acids is 1. The Morgan fingerprint density at radius 2 is 2.05 bits per heavy atom. The highest BCUT2D eigenvalue weighted by Crippen LogP contribution is 2.30. The van der Waals surface area contributed by atoms with Crippen molar-refractivity contribution < 1.29 is 14.7 Å². The van der Waals surface area contributed by atoms with E-state index in [1.807, 2.05) is 6.92 Å². The molecule has 1 aliphatic rings. The summed E-state index contributed by atoms with van der Waals surface area (Å²) in [5.41, 5.74) is -1.18. The molecule has 3 N–H and O–H groups in total. The highest BCUT2D eigenvalue weighted by Gasteiger charge is 2.33. The van der Waals surface area contributed by atoms with E-state index in [2.05, 4.69) is 17.6 Å². The first-order valence-corrected chi connectivity index (χ1v) is 8.16. The SMILES string of the molecule is CCCC(C)(NC(=O)NCCC1CCCC(C)C1)C(=O)O. The molecule has 0 bridgehead atoms. The summed E-state index contributed by atoms with van der Waals surface area (Å²) in [7, 11) is 0. The van der Waals surface area contributed by atoms with Crippen LogP contribution in [0.3, 0.4) is 0 Å². The van der Waals surface area contributed by atoms with E-state index in [-0.39, 0.29) is 6.03 Å². The highest BCUT2D eigenvalue weighted by atomic mass is 16.4. The second kappa shape index (κ2) is 8.25. The van der Waals surface area contributed by atoms with E-state index >= 15 is 0 Å². The van der Waals surface area contributed by atoms with Crippen molar-refractivity contribution >= 4 is 12.0 Å². The van der Waals surface area contributed by atoms with Crippen molar-refractivity contribution in [2.45, 2.75) is 71.3 Å². The minimum Gasteiger partial charge on any atom is -0.480 e. The maximum absolute atomic E-state index is 11.9. The van der Waals surface area contributed by atoms with Gasteiger partial charge in [-0.3, -0.25) is 0 Å². The van der Waals surface area contributed by atoms with Crippen LogP contribution in [-0.4, -0.2) is 29.2 Å². The Morgan fingerprint density at radius 3 is 2.62 bits per heavy atom. The lowest BCUT2D eigenvalue weighted by Crippen LogP contribution is -2.55. The quantitative estimate of drug-likeness (QED) is 0.675. The molecular weight excluding hydrogens is 268 g/mol. The Kier molecular flexibility index (Phi) is 6.99. The van der Waals surface area contributed by atoms with Gasteiger partial charge in [0.05, 0.1) is 0 Å². The Bertz CT molecular complexity index is 359. The summed E-state index contributed by atoms with van der Waals surface area (Å²) in [5.74, 6) is 0.494. The largest absolute Gasteiger partial charge is 0.480 e. The number of rotatable bonds is 7. The third kappa shape index (κ3) is 5.94. The number of carboxylic acids is 1. The van der Waals surface area contributed by atoms with Crippen LogP contribution in [0, 0.1) is 11.8 Å². The van der Waals surface area contributed by atoms with Gasteiger partial charge in [0.1, 0.15) is 5.54 Å². The van der Waals surface area contributed by atoms with Gasteiger partial charge in [0.15, 0.2) is 0 Å². The zero-order valence-corrected chi connectivity index (χ0v) is 13.6. The maximum Gasteiger partial charge on any atom is 0.329 e. The molecule has 0 radical (unpaired) electrons. The first kappa shape index (κ1) is 17.8. The topological polar surface area (TPSA) is 78.4 Å². The fraction of sp³-hybridized carbons (Fsp3) is 0.875. The molecule has 0 spiro atoms. The number of nitrogens with one attached hydrogen (secondary N) is 2. The minimum absolute atomic E-state index is 0.378. The van der Waals surface area contributed by atoms with Gasteiger partial charge < -0.3 is 15.7 Å². The molecule has 0 aromatic carbocycles. The van der Waals surface area contributed by atoms with E-state index < -0.39 is 11.5 Å². The van der Waals surface area contributed by atoms with Gasteiger partial charge >= 0.3 is 12.0 Å². The van der Waals surface area contributed by atoms with Crippen LogP contribution in [0.1, 0.15) is 65.7 Å². The van der Waals surface area contributed by atoms with Crippen LogP contribution in [0.2, 0.25) is 0 Å². The van der Waals surface area contributed by atoms with Crippen LogP contribution in [0.4, 0.5) is 4.79 Å². The van der Waals surface area contributed by atoms with Gasteiger partial charge in [-0.25, -0.2) is 9.59 Å². The van der Waals surface area contributed by atoms with Crippen LogP contribution in [-0.2, 0) is 4.79 Å². The van der Waals surface area contributed by atoms with Crippen LogP contribution in [0.5, 0.6) is 0 Å². The van der Waals surface area contributed by atoms with E-state index in [0.29, 0.717) is 25.3 Å². The third-order valence-electron chi connectivity index (χ3n) is 4.49. The number of hydrogen-bond acceptors (Lipinski definition) is 2. The number of carboxylic acid groups (broad SMARTS) is 1. The van der Waals surface area contributed by atoms with Crippen LogP contribution >= 0.6 is 0 Å². The van der Waals surface area contributed by atoms with Crippen LogP contribution in [0.25, 0.3) is 0 Å². The molecule has 0 aromatic heterocycles. The molecule has 21 heavy (non-hydrogen) atoms. The van der Waals surface area contributed by atoms with Crippen molar-refractivity contribution in [1.29, 1.82) is 0 Å². The summed E-state index contributed by atoms with van der Waals surface area (Å²) in [6.07, 6.45) is 7.21. The van der Waals surface area contributed by atoms with E-state index in [4.69, 9.17) is 0 Å². The normalized spacial score (nSPS) is 24.9. The van der Waals surface area contributed by atoms with Crippen LogP contribution < -0.4 is 10.6 Å². The molecule has 5 nitrogen and oxygen atoms in total. The van der Waals surface area contributed by atoms with Crippen molar-refractivity contribution in [2.24, 2.45) is 11.8 Å². The molecule has 122 valence electrons. The Labute approximate surface area is 127 Å². The molecule has 1 aliphatic carbocycles. The molecule has 0 aliphatic heterocycles. The van der Waals surface area contributed by atoms with E-state index in [9.17, 15) is 14.7 Å². The standard InChI is InChI=1S/C16H30N2O3/c1-4-9-16(3,14(19)20)18-15(21)17-10-8-13-7-5-6-12(2)11-13/h12-13H,4-11H2,1-3H3,(H,19,20)(H2,17,18,21). The summed E-state index contributed by atoms with van der Waals surface area (Å²) in [6, 6.07) is -0.378. The number of carbonyl (C=O) groups excluding carboxylic acids is 1. The molecule has 2 amide bonds. The number of urea groups is 1. The monoisotopic (exact) mass is 298 g/mol. The molecule has 3 atom stereocenters. The van der Waals surface area contributed by atoms with Crippen molar-refractivity contribution in [2.75, 3.05) is 6.54 Å². The molecule has 0 saturated heterocycles. The van der Waals surface area contributed by atoms with Crippen molar-refractivity contribution in [3.05, 3.63) is 0 Å². The molecule has 1 rings (SSSR count). The van der Waals surface area contributed by atoms with E-state index in [0.717, 1.165) is 12.3 Å². The van der Waals surface area contributed by atoms with Gasteiger partial charge in [0, 0.05) is 6.54 Å². The first-order valence-electron chi connectivity index (χ1n) is 8.16. The van der Waals surface area contributed by atoms with Gasteiger partial charge in [0.25, 0.3) is 0 Å². The zero-order valence-electron chi connectivity index (χ0n) is 13.6. The van der Waals surface area contributed by atoms with Crippen molar-refractivity contribution in [3.63, 3.8) is 0 Å². The predicted molar refractivity (Wildman–Crippen MR) is 83.2 cm³/mol.